The molecule has 3 rings (SSSR count). The van der Waals surface area contributed by atoms with E-state index in [0.29, 0.717) is 43.4 Å². The lowest BCUT2D eigenvalue weighted by molar-refractivity contribution is -0.146. The number of carbonyl (C=O) groups is 2. The molecule has 2 aliphatic rings. The van der Waals surface area contributed by atoms with Crippen molar-refractivity contribution in [3.05, 3.63) is 23.4 Å². The van der Waals surface area contributed by atoms with Gasteiger partial charge in [-0.05, 0) is 44.7 Å². The third-order valence-corrected chi connectivity index (χ3v) is 5.28. The van der Waals surface area contributed by atoms with E-state index in [-0.39, 0.29) is 23.8 Å². The highest BCUT2D eigenvalue weighted by molar-refractivity contribution is 6.30. The van der Waals surface area contributed by atoms with Crippen molar-refractivity contribution >= 4 is 29.2 Å². The van der Waals surface area contributed by atoms with E-state index >= 15 is 0 Å². The lowest BCUT2D eigenvalue weighted by Gasteiger charge is -2.33. The van der Waals surface area contributed by atoms with Crippen LogP contribution < -0.4 is 5.32 Å². The van der Waals surface area contributed by atoms with Crippen molar-refractivity contribution in [2.45, 2.75) is 44.8 Å². The Bertz CT molecular complexity index is 641. The summed E-state index contributed by atoms with van der Waals surface area (Å²) in [4.78, 5) is 30.8. The Labute approximate surface area is 164 Å². The number of aromatic nitrogens is 1. The zero-order chi connectivity index (χ0) is 19.2. The zero-order valence-electron chi connectivity index (χ0n) is 15.5. The summed E-state index contributed by atoms with van der Waals surface area (Å²) < 4.78 is 11.2. The van der Waals surface area contributed by atoms with Crippen LogP contribution in [-0.4, -0.2) is 60.2 Å². The molecular weight excluding hydrogens is 370 g/mol. The van der Waals surface area contributed by atoms with Crippen molar-refractivity contribution in [1.29, 1.82) is 0 Å². The number of likely N-dealkylation sites (tertiary alicyclic amines) is 1. The van der Waals surface area contributed by atoms with Crippen molar-refractivity contribution in [2.24, 2.45) is 5.92 Å². The standard InChI is InChI=1S/C19H26ClN3O4/c1-13(27-12-16-3-2-10-26-16)19(25)23-8-6-14(7-9-23)18(24)22-17-5-4-15(20)11-21-17/h4-5,11,13-14,16H,2-3,6-10,12H2,1H3,(H,21,22,24). The van der Waals surface area contributed by atoms with Crippen molar-refractivity contribution < 1.29 is 19.1 Å². The van der Waals surface area contributed by atoms with Crippen LogP contribution in [0.15, 0.2) is 18.3 Å². The van der Waals surface area contributed by atoms with Gasteiger partial charge in [-0.2, -0.15) is 0 Å². The van der Waals surface area contributed by atoms with Gasteiger partial charge in [-0.15, -0.1) is 0 Å². The Balaban J connectivity index is 1.41. The molecule has 0 saturated carbocycles. The van der Waals surface area contributed by atoms with Crippen molar-refractivity contribution in [1.82, 2.24) is 9.88 Å². The van der Waals surface area contributed by atoms with Gasteiger partial charge in [0.25, 0.3) is 5.91 Å². The predicted octanol–water partition coefficient (Wildman–Crippen LogP) is 2.50. The van der Waals surface area contributed by atoms with Gasteiger partial charge < -0.3 is 19.7 Å². The van der Waals surface area contributed by atoms with Crippen molar-refractivity contribution in [3.8, 4) is 0 Å². The van der Waals surface area contributed by atoms with E-state index in [1.165, 1.54) is 6.20 Å². The molecule has 0 aromatic carbocycles. The molecular formula is C19H26ClN3O4. The molecule has 0 spiro atoms. The molecule has 0 radical (unpaired) electrons. The quantitative estimate of drug-likeness (QED) is 0.800. The fraction of sp³-hybridized carbons (Fsp3) is 0.632. The minimum absolute atomic E-state index is 0.0220. The average molecular weight is 396 g/mol. The second kappa shape index (κ2) is 9.48. The maximum absolute atomic E-state index is 12.5. The fourth-order valence-corrected chi connectivity index (χ4v) is 3.51. The normalized spacial score (nSPS) is 21.9. The van der Waals surface area contributed by atoms with Crippen LogP contribution in [0, 0.1) is 5.92 Å². The number of anilines is 1. The number of hydrogen-bond acceptors (Lipinski definition) is 5. The van der Waals surface area contributed by atoms with Crippen molar-refractivity contribution in [2.75, 3.05) is 31.6 Å². The van der Waals surface area contributed by atoms with E-state index in [1.807, 2.05) is 0 Å². The summed E-state index contributed by atoms with van der Waals surface area (Å²) >= 11 is 5.80. The van der Waals surface area contributed by atoms with Gasteiger partial charge in [-0.25, -0.2) is 4.98 Å². The van der Waals surface area contributed by atoms with Crippen LogP contribution in [0.2, 0.25) is 5.02 Å². The van der Waals surface area contributed by atoms with E-state index < -0.39 is 6.10 Å². The number of hydrogen-bond donors (Lipinski definition) is 1. The Hall–Kier alpha value is -1.70. The van der Waals surface area contributed by atoms with E-state index in [2.05, 4.69) is 10.3 Å². The molecule has 148 valence electrons. The smallest absolute Gasteiger partial charge is 0.251 e. The number of nitrogens with one attached hydrogen (secondary N) is 1. The van der Waals surface area contributed by atoms with E-state index in [9.17, 15) is 9.59 Å². The van der Waals surface area contributed by atoms with Gasteiger partial charge >= 0.3 is 0 Å². The summed E-state index contributed by atoms with van der Waals surface area (Å²) in [5.41, 5.74) is 0. The highest BCUT2D eigenvalue weighted by Gasteiger charge is 2.30. The molecule has 2 amide bonds. The number of halogens is 1. The summed E-state index contributed by atoms with van der Waals surface area (Å²) in [5.74, 6) is 0.263. The number of ether oxygens (including phenoxy) is 2. The predicted molar refractivity (Wildman–Crippen MR) is 102 cm³/mol. The second-order valence-electron chi connectivity index (χ2n) is 7.06. The minimum atomic E-state index is -0.488. The van der Waals surface area contributed by atoms with Gasteiger partial charge in [-0.1, -0.05) is 11.6 Å². The molecule has 2 unspecified atom stereocenters. The summed E-state index contributed by atoms with van der Waals surface area (Å²) in [6, 6.07) is 3.36. The first-order valence-electron chi connectivity index (χ1n) is 9.47. The number of carbonyl (C=O) groups excluding carboxylic acids is 2. The van der Waals surface area contributed by atoms with Gasteiger partial charge in [0.2, 0.25) is 5.91 Å². The molecule has 3 heterocycles. The van der Waals surface area contributed by atoms with Crippen LogP contribution in [0.5, 0.6) is 0 Å². The van der Waals surface area contributed by atoms with Crippen LogP contribution >= 0.6 is 11.6 Å². The molecule has 2 atom stereocenters. The Morgan fingerprint density at radius 3 is 2.78 bits per heavy atom. The first-order valence-corrected chi connectivity index (χ1v) is 9.85. The Kier molecular flexibility index (Phi) is 7.04. The highest BCUT2D eigenvalue weighted by Crippen LogP contribution is 2.21. The molecule has 0 bridgehead atoms. The molecule has 2 fully saturated rings. The minimum Gasteiger partial charge on any atom is -0.376 e. The number of nitrogens with zero attached hydrogens (tertiary/aromatic N) is 2. The van der Waals surface area contributed by atoms with E-state index in [0.717, 1.165) is 19.4 Å². The number of amides is 2. The lowest BCUT2D eigenvalue weighted by atomic mass is 9.95. The van der Waals surface area contributed by atoms with Gasteiger partial charge in [0.05, 0.1) is 17.7 Å². The number of rotatable bonds is 6. The Morgan fingerprint density at radius 2 is 2.15 bits per heavy atom. The monoisotopic (exact) mass is 395 g/mol. The van der Waals surface area contributed by atoms with Gasteiger partial charge in [0, 0.05) is 31.8 Å². The zero-order valence-corrected chi connectivity index (χ0v) is 16.3. The molecule has 8 heteroatoms. The highest BCUT2D eigenvalue weighted by atomic mass is 35.5. The molecule has 2 saturated heterocycles. The third kappa shape index (κ3) is 5.64. The van der Waals surface area contributed by atoms with Gasteiger partial charge in [-0.3, -0.25) is 9.59 Å². The largest absolute Gasteiger partial charge is 0.376 e. The first kappa shape index (κ1) is 20.0. The summed E-state index contributed by atoms with van der Waals surface area (Å²) in [5, 5.41) is 3.33. The average Bonchev–Trinajstić information content (AvgIpc) is 3.21. The first-order chi connectivity index (χ1) is 13.0. The van der Waals surface area contributed by atoms with Crippen LogP contribution in [-0.2, 0) is 19.1 Å². The molecule has 7 nitrogen and oxygen atoms in total. The number of pyridine rings is 1. The van der Waals surface area contributed by atoms with Gasteiger partial charge in [0.15, 0.2) is 0 Å². The van der Waals surface area contributed by atoms with E-state index in [1.54, 1.807) is 24.0 Å². The summed E-state index contributed by atoms with van der Waals surface area (Å²) in [7, 11) is 0. The van der Waals surface area contributed by atoms with Crippen LogP contribution in [0.1, 0.15) is 32.6 Å². The molecule has 0 aliphatic carbocycles. The summed E-state index contributed by atoms with van der Waals surface area (Å²) in [6.45, 7) is 4.12. The molecule has 27 heavy (non-hydrogen) atoms. The lowest BCUT2D eigenvalue weighted by Crippen LogP contribution is -2.46. The molecule has 1 aromatic heterocycles. The molecule has 1 aromatic rings. The van der Waals surface area contributed by atoms with Crippen LogP contribution in [0.25, 0.3) is 0 Å². The summed E-state index contributed by atoms with van der Waals surface area (Å²) in [6.07, 6.45) is 4.42. The fourth-order valence-electron chi connectivity index (χ4n) is 3.40. The molecule has 1 N–H and O–H groups in total. The van der Waals surface area contributed by atoms with Crippen LogP contribution in [0.3, 0.4) is 0 Å². The van der Waals surface area contributed by atoms with Crippen molar-refractivity contribution in [3.63, 3.8) is 0 Å². The molecule has 2 aliphatic heterocycles. The van der Waals surface area contributed by atoms with Gasteiger partial charge in [0.1, 0.15) is 11.9 Å². The maximum atomic E-state index is 12.5. The maximum Gasteiger partial charge on any atom is 0.251 e. The second-order valence-corrected chi connectivity index (χ2v) is 7.50. The topological polar surface area (TPSA) is 80.8 Å². The van der Waals surface area contributed by atoms with Crippen LogP contribution in [0.4, 0.5) is 5.82 Å². The SMILES string of the molecule is CC(OCC1CCCO1)C(=O)N1CCC(C(=O)Nc2ccc(Cl)cn2)CC1. The third-order valence-electron chi connectivity index (χ3n) is 5.06. The number of piperidine rings is 1. The Morgan fingerprint density at radius 1 is 1.37 bits per heavy atom. The van der Waals surface area contributed by atoms with E-state index in [4.69, 9.17) is 21.1 Å².